The monoisotopic (exact) mass is 416 g/mol. The van der Waals surface area contributed by atoms with Crippen molar-refractivity contribution in [2.45, 2.75) is 98.8 Å². The molecule has 0 spiro atoms. The van der Waals surface area contributed by atoms with Crippen LogP contribution in [0, 0.1) is 23.7 Å². The van der Waals surface area contributed by atoms with Gasteiger partial charge in [-0.25, -0.2) is 24.2 Å². The minimum Gasteiger partial charge on any atom is -0.301 e. The third kappa shape index (κ3) is 12.5. The second kappa shape index (κ2) is 16.2. The van der Waals surface area contributed by atoms with Crippen LogP contribution in [0.4, 0.5) is 0 Å². The highest BCUT2D eigenvalue weighted by Gasteiger charge is 2.27. The first-order chi connectivity index (χ1) is 13.8. The molecule has 7 nitrogen and oxygen atoms in total. The van der Waals surface area contributed by atoms with Crippen molar-refractivity contribution in [1.29, 1.82) is 0 Å². The Balaban J connectivity index is 4.73. The molecule has 0 aromatic carbocycles. The lowest BCUT2D eigenvalue weighted by molar-refractivity contribution is -0.266. The van der Waals surface area contributed by atoms with E-state index in [9.17, 15) is 14.4 Å². The lowest BCUT2D eigenvalue weighted by Crippen LogP contribution is -2.25. The van der Waals surface area contributed by atoms with Crippen molar-refractivity contribution >= 4 is 17.9 Å². The lowest BCUT2D eigenvalue weighted by atomic mass is 9.93. The molecule has 7 heteroatoms. The number of rotatable bonds is 15. The van der Waals surface area contributed by atoms with Gasteiger partial charge in [0.15, 0.2) is 0 Å². The molecule has 0 heterocycles. The molecule has 0 fully saturated rings. The Morgan fingerprint density at radius 3 is 1.52 bits per heavy atom. The Bertz CT molecular complexity index is 476. The predicted molar refractivity (Wildman–Crippen MR) is 109 cm³/mol. The smallest absolute Gasteiger partial charge is 0.301 e. The SMILES string of the molecule is CCCCC(CCC(C)C)C(=O)OOC(=O)C(CCCC)CCC(C)C(=O)OO. The maximum absolute atomic E-state index is 12.4. The van der Waals surface area contributed by atoms with Gasteiger partial charge in [0, 0.05) is 0 Å². The molecule has 29 heavy (non-hydrogen) atoms. The topological polar surface area (TPSA) is 99.1 Å². The molecule has 0 saturated carbocycles. The second-order valence-corrected chi connectivity index (χ2v) is 8.34. The molecule has 3 unspecified atom stereocenters. The van der Waals surface area contributed by atoms with Gasteiger partial charge in [0.25, 0.3) is 0 Å². The maximum atomic E-state index is 12.4. The van der Waals surface area contributed by atoms with E-state index in [1.807, 2.05) is 6.92 Å². The molecule has 170 valence electrons. The van der Waals surface area contributed by atoms with Gasteiger partial charge in [-0.1, -0.05) is 66.7 Å². The molecule has 0 saturated heterocycles. The number of hydrogen-bond acceptors (Lipinski definition) is 7. The summed E-state index contributed by atoms with van der Waals surface area (Å²) in [6, 6.07) is 0. The lowest BCUT2D eigenvalue weighted by Gasteiger charge is -2.18. The van der Waals surface area contributed by atoms with Crippen molar-refractivity contribution in [3.8, 4) is 0 Å². The quantitative estimate of drug-likeness (QED) is 0.279. The third-order valence-corrected chi connectivity index (χ3v) is 5.22. The Hall–Kier alpha value is -1.63. The molecular formula is C22H40O7. The number of carbonyl (C=O) groups is 3. The van der Waals surface area contributed by atoms with Gasteiger partial charge in [0.1, 0.15) is 0 Å². The average Bonchev–Trinajstić information content (AvgIpc) is 2.70. The normalized spacial score (nSPS) is 14.2. The molecule has 3 atom stereocenters. The van der Waals surface area contributed by atoms with E-state index in [-0.39, 0.29) is 5.92 Å². The molecule has 1 N–H and O–H groups in total. The molecule has 0 rings (SSSR count). The molecule has 0 aliphatic rings. The maximum Gasteiger partial charge on any atom is 0.358 e. The molecular weight excluding hydrogens is 376 g/mol. The summed E-state index contributed by atoms with van der Waals surface area (Å²) < 4.78 is 0. The van der Waals surface area contributed by atoms with E-state index >= 15 is 0 Å². The summed E-state index contributed by atoms with van der Waals surface area (Å²) in [5, 5.41) is 8.46. The minimum atomic E-state index is -0.733. The van der Waals surface area contributed by atoms with Crippen molar-refractivity contribution in [1.82, 2.24) is 0 Å². The second-order valence-electron chi connectivity index (χ2n) is 8.34. The summed E-state index contributed by atoms with van der Waals surface area (Å²) in [4.78, 5) is 49.7. The molecule has 0 aliphatic heterocycles. The van der Waals surface area contributed by atoms with Crippen LogP contribution in [0.25, 0.3) is 0 Å². The van der Waals surface area contributed by atoms with Crippen LogP contribution in [0.5, 0.6) is 0 Å². The number of carbonyl (C=O) groups excluding carboxylic acids is 3. The fourth-order valence-electron chi connectivity index (χ4n) is 3.07. The molecule has 0 radical (unpaired) electrons. The molecule has 0 aromatic rings. The first-order valence-electron chi connectivity index (χ1n) is 11.0. The van der Waals surface area contributed by atoms with Crippen molar-refractivity contribution in [2.75, 3.05) is 0 Å². The van der Waals surface area contributed by atoms with E-state index < -0.39 is 29.7 Å². The van der Waals surface area contributed by atoms with Gasteiger partial charge < -0.3 is 4.89 Å². The van der Waals surface area contributed by atoms with Crippen LogP contribution < -0.4 is 0 Å². The first-order valence-corrected chi connectivity index (χ1v) is 11.0. The summed E-state index contributed by atoms with van der Waals surface area (Å²) in [5.74, 6) is -2.59. The Kier molecular flexibility index (Phi) is 15.3. The molecule has 0 amide bonds. The zero-order chi connectivity index (χ0) is 22.2. The Morgan fingerprint density at radius 1 is 0.690 bits per heavy atom. The average molecular weight is 417 g/mol. The van der Waals surface area contributed by atoms with Crippen LogP contribution in [0.2, 0.25) is 0 Å². The van der Waals surface area contributed by atoms with E-state index in [1.54, 1.807) is 6.92 Å². The predicted octanol–water partition coefficient (Wildman–Crippen LogP) is 5.47. The van der Waals surface area contributed by atoms with E-state index in [1.165, 1.54) is 0 Å². The van der Waals surface area contributed by atoms with Crippen molar-refractivity contribution < 1.29 is 34.3 Å². The van der Waals surface area contributed by atoms with Gasteiger partial charge in [0.2, 0.25) is 0 Å². The fourth-order valence-corrected chi connectivity index (χ4v) is 3.07. The van der Waals surface area contributed by atoms with Gasteiger partial charge in [-0.2, -0.15) is 5.26 Å². The summed E-state index contributed by atoms with van der Waals surface area (Å²) in [6.07, 6.45) is 7.32. The van der Waals surface area contributed by atoms with Crippen molar-refractivity contribution in [3.63, 3.8) is 0 Å². The van der Waals surface area contributed by atoms with Gasteiger partial charge in [-0.15, -0.1) is 0 Å². The van der Waals surface area contributed by atoms with Gasteiger partial charge in [-0.3, -0.25) is 0 Å². The van der Waals surface area contributed by atoms with Crippen LogP contribution in [0.1, 0.15) is 98.8 Å². The molecule has 0 aliphatic carbocycles. The standard InChI is InChI=1S/C22H40O7/c1-6-8-10-18(14-12-16(3)4)21(24)28-29-22(25)19(11-9-7-2)15-13-17(5)20(23)27-26/h16-19,26H,6-15H2,1-5H3. The van der Waals surface area contributed by atoms with Crippen LogP contribution >= 0.6 is 0 Å². The minimum absolute atomic E-state index is 0.265. The number of unbranched alkanes of at least 4 members (excludes halogenated alkanes) is 2. The molecule has 0 aromatic heterocycles. The first kappa shape index (κ1) is 27.4. The fraction of sp³-hybridized carbons (Fsp3) is 0.864. The summed E-state index contributed by atoms with van der Waals surface area (Å²) in [7, 11) is 0. The van der Waals surface area contributed by atoms with Crippen LogP contribution in [0.15, 0.2) is 0 Å². The van der Waals surface area contributed by atoms with E-state index in [2.05, 4.69) is 25.7 Å². The van der Waals surface area contributed by atoms with Crippen molar-refractivity contribution in [3.05, 3.63) is 0 Å². The zero-order valence-corrected chi connectivity index (χ0v) is 18.8. The highest BCUT2D eigenvalue weighted by atomic mass is 17.2. The van der Waals surface area contributed by atoms with E-state index in [4.69, 9.17) is 15.0 Å². The Morgan fingerprint density at radius 2 is 1.14 bits per heavy atom. The van der Waals surface area contributed by atoms with Crippen molar-refractivity contribution in [2.24, 2.45) is 23.7 Å². The highest BCUT2D eigenvalue weighted by Crippen LogP contribution is 2.23. The van der Waals surface area contributed by atoms with Crippen LogP contribution in [0.3, 0.4) is 0 Å². The third-order valence-electron chi connectivity index (χ3n) is 5.22. The van der Waals surface area contributed by atoms with Gasteiger partial charge in [-0.05, 0) is 38.0 Å². The molecule has 0 bridgehead atoms. The van der Waals surface area contributed by atoms with Crippen LogP contribution in [-0.2, 0) is 29.0 Å². The summed E-state index contributed by atoms with van der Waals surface area (Å²) in [5.41, 5.74) is 0. The zero-order valence-electron chi connectivity index (χ0n) is 18.8. The Labute approximate surface area is 175 Å². The summed E-state index contributed by atoms with van der Waals surface area (Å²) >= 11 is 0. The van der Waals surface area contributed by atoms with Crippen LogP contribution in [-0.4, -0.2) is 23.2 Å². The van der Waals surface area contributed by atoms with E-state index in [0.717, 1.165) is 38.5 Å². The van der Waals surface area contributed by atoms with E-state index in [0.29, 0.717) is 31.6 Å². The summed E-state index contributed by atoms with van der Waals surface area (Å²) in [6.45, 7) is 9.91. The number of hydrogen-bond donors (Lipinski definition) is 1. The largest absolute Gasteiger partial charge is 0.358 e. The highest BCUT2D eigenvalue weighted by molar-refractivity contribution is 5.76. The van der Waals surface area contributed by atoms with Gasteiger partial charge >= 0.3 is 17.9 Å². The van der Waals surface area contributed by atoms with Gasteiger partial charge in [0.05, 0.1) is 17.8 Å².